The zero-order valence-corrected chi connectivity index (χ0v) is 15.6. The number of benzene rings is 1. The van der Waals surface area contributed by atoms with Gasteiger partial charge in [0, 0.05) is 44.1 Å². The van der Waals surface area contributed by atoms with E-state index in [4.69, 9.17) is 0 Å². The van der Waals surface area contributed by atoms with Crippen LogP contribution in [0.3, 0.4) is 0 Å². The number of aromatic nitrogens is 1. The van der Waals surface area contributed by atoms with Gasteiger partial charge in [0.05, 0.1) is 5.56 Å². The van der Waals surface area contributed by atoms with Crippen LogP contribution in [-0.4, -0.2) is 52.8 Å². The van der Waals surface area contributed by atoms with Crippen LogP contribution in [0.5, 0.6) is 0 Å². The van der Waals surface area contributed by atoms with Crippen molar-refractivity contribution in [3.05, 3.63) is 59.4 Å². The van der Waals surface area contributed by atoms with Gasteiger partial charge in [-0.05, 0) is 42.5 Å². The zero-order chi connectivity index (χ0) is 18.5. The zero-order valence-electron chi connectivity index (χ0n) is 15.6. The van der Waals surface area contributed by atoms with Gasteiger partial charge in [0.15, 0.2) is 0 Å². The number of hydrogen-bond acceptors (Lipinski definition) is 2. The van der Waals surface area contributed by atoms with Crippen LogP contribution in [0.4, 0.5) is 0 Å². The van der Waals surface area contributed by atoms with E-state index < -0.39 is 0 Å². The standard InChI is InChI=1S/C21H27N3O2/c1-16(2)14-17-4-6-18(7-5-17)20(25)23-10-3-11-24(13-12-23)21(26)19-8-9-22-15-19/h4-9,15-16,22H,3,10-14H2,1-2H3. The number of hydrogen-bond donors (Lipinski definition) is 1. The van der Waals surface area contributed by atoms with Gasteiger partial charge in [0.2, 0.25) is 0 Å². The molecule has 2 heterocycles. The second-order valence-electron chi connectivity index (χ2n) is 7.33. The molecule has 2 aromatic rings. The molecule has 0 aliphatic carbocycles. The number of aromatic amines is 1. The number of nitrogens with zero attached hydrogens (tertiary/aromatic N) is 2. The summed E-state index contributed by atoms with van der Waals surface area (Å²) in [4.78, 5) is 31.9. The van der Waals surface area contributed by atoms with Crippen LogP contribution in [0.1, 0.15) is 46.5 Å². The Kier molecular flexibility index (Phi) is 5.76. The summed E-state index contributed by atoms with van der Waals surface area (Å²) in [5, 5.41) is 0. The maximum atomic E-state index is 12.8. The summed E-state index contributed by atoms with van der Waals surface area (Å²) < 4.78 is 0. The van der Waals surface area contributed by atoms with E-state index in [1.54, 1.807) is 18.5 Å². The van der Waals surface area contributed by atoms with Gasteiger partial charge in [0.1, 0.15) is 0 Å². The first-order valence-electron chi connectivity index (χ1n) is 9.35. The molecule has 2 amide bonds. The monoisotopic (exact) mass is 353 g/mol. The molecule has 5 nitrogen and oxygen atoms in total. The maximum absolute atomic E-state index is 12.8. The van der Waals surface area contributed by atoms with Gasteiger partial charge in [-0.25, -0.2) is 0 Å². The van der Waals surface area contributed by atoms with E-state index in [2.05, 4.69) is 18.8 Å². The number of carbonyl (C=O) groups excluding carboxylic acids is 2. The minimum atomic E-state index is 0.0265. The fourth-order valence-electron chi connectivity index (χ4n) is 3.40. The summed E-state index contributed by atoms with van der Waals surface area (Å²) in [6.07, 6.45) is 5.29. The molecule has 3 rings (SSSR count). The molecule has 0 radical (unpaired) electrons. The molecule has 1 aliphatic rings. The van der Waals surface area contributed by atoms with Gasteiger partial charge in [-0.15, -0.1) is 0 Å². The highest BCUT2D eigenvalue weighted by molar-refractivity contribution is 5.95. The van der Waals surface area contributed by atoms with Gasteiger partial charge < -0.3 is 14.8 Å². The first-order valence-corrected chi connectivity index (χ1v) is 9.35. The quantitative estimate of drug-likeness (QED) is 0.918. The second-order valence-corrected chi connectivity index (χ2v) is 7.33. The Labute approximate surface area is 155 Å². The molecule has 1 aliphatic heterocycles. The predicted octanol–water partition coefficient (Wildman–Crippen LogP) is 3.20. The normalized spacial score (nSPS) is 15.2. The summed E-state index contributed by atoms with van der Waals surface area (Å²) in [7, 11) is 0. The molecule has 1 N–H and O–H groups in total. The molecule has 1 saturated heterocycles. The Hall–Kier alpha value is -2.56. The molecule has 0 atom stereocenters. The van der Waals surface area contributed by atoms with Crippen molar-refractivity contribution in [2.75, 3.05) is 26.2 Å². The van der Waals surface area contributed by atoms with Crippen LogP contribution < -0.4 is 0 Å². The third-order valence-electron chi connectivity index (χ3n) is 4.76. The largest absolute Gasteiger partial charge is 0.367 e. The molecule has 5 heteroatoms. The Morgan fingerprint density at radius 3 is 2.08 bits per heavy atom. The average Bonchev–Trinajstić information content (AvgIpc) is 3.05. The first-order chi connectivity index (χ1) is 12.5. The molecular weight excluding hydrogens is 326 g/mol. The SMILES string of the molecule is CC(C)Cc1ccc(C(=O)N2CCCN(C(=O)c3cc[nH]c3)CC2)cc1. The van der Waals surface area contributed by atoms with Crippen molar-refractivity contribution in [1.82, 2.24) is 14.8 Å². The molecule has 1 fully saturated rings. The van der Waals surface area contributed by atoms with Crippen molar-refractivity contribution in [1.29, 1.82) is 0 Å². The predicted molar refractivity (Wildman–Crippen MR) is 102 cm³/mol. The molecule has 1 aromatic heterocycles. The number of nitrogens with one attached hydrogen (secondary N) is 1. The molecular formula is C21H27N3O2. The summed E-state index contributed by atoms with van der Waals surface area (Å²) in [5.41, 5.74) is 2.66. The minimum absolute atomic E-state index is 0.0265. The molecule has 0 unspecified atom stereocenters. The van der Waals surface area contributed by atoms with Crippen LogP contribution >= 0.6 is 0 Å². The van der Waals surface area contributed by atoms with Crippen molar-refractivity contribution in [3.63, 3.8) is 0 Å². The second kappa shape index (κ2) is 8.21. The van der Waals surface area contributed by atoms with E-state index in [0.29, 0.717) is 37.7 Å². The van der Waals surface area contributed by atoms with Crippen molar-refractivity contribution in [3.8, 4) is 0 Å². The van der Waals surface area contributed by atoms with Crippen molar-refractivity contribution >= 4 is 11.8 Å². The summed E-state index contributed by atoms with van der Waals surface area (Å²) >= 11 is 0. The topological polar surface area (TPSA) is 56.4 Å². The van der Waals surface area contributed by atoms with Crippen LogP contribution in [0.25, 0.3) is 0 Å². The van der Waals surface area contributed by atoms with Gasteiger partial charge in [-0.2, -0.15) is 0 Å². The van der Waals surface area contributed by atoms with Crippen molar-refractivity contribution < 1.29 is 9.59 Å². The Morgan fingerprint density at radius 1 is 0.923 bits per heavy atom. The highest BCUT2D eigenvalue weighted by Crippen LogP contribution is 2.14. The lowest BCUT2D eigenvalue weighted by atomic mass is 10.0. The van der Waals surface area contributed by atoms with Crippen molar-refractivity contribution in [2.45, 2.75) is 26.7 Å². The van der Waals surface area contributed by atoms with Crippen LogP contribution in [0.2, 0.25) is 0 Å². The lowest BCUT2D eigenvalue weighted by Gasteiger charge is -2.22. The Balaban J connectivity index is 1.61. The van der Waals surface area contributed by atoms with E-state index in [1.807, 2.05) is 34.1 Å². The highest BCUT2D eigenvalue weighted by atomic mass is 16.2. The lowest BCUT2D eigenvalue weighted by molar-refractivity contribution is 0.0719. The van der Waals surface area contributed by atoms with Gasteiger partial charge in [0.25, 0.3) is 11.8 Å². The fraction of sp³-hybridized carbons (Fsp3) is 0.429. The Bertz CT molecular complexity index is 735. The van der Waals surface area contributed by atoms with Gasteiger partial charge in [-0.3, -0.25) is 9.59 Å². The van der Waals surface area contributed by atoms with Crippen LogP contribution in [0, 0.1) is 5.92 Å². The number of rotatable bonds is 4. The highest BCUT2D eigenvalue weighted by Gasteiger charge is 2.23. The van der Waals surface area contributed by atoms with E-state index in [-0.39, 0.29) is 11.8 Å². The molecule has 0 spiro atoms. The van der Waals surface area contributed by atoms with Crippen LogP contribution in [-0.2, 0) is 6.42 Å². The third kappa shape index (κ3) is 4.34. The first kappa shape index (κ1) is 18.2. The molecule has 26 heavy (non-hydrogen) atoms. The van der Waals surface area contributed by atoms with Gasteiger partial charge >= 0.3 is 0 Å². The average molecular weight is 353 g/mol. The van der Waals surface area contributed by atoms with E-state index in [9.17, 15) is 9.59 Å². The summed E-state index contributed by atoms with van der Waals surface area (Å²) in [6.45, 7) is 6.89. The smallest absolute Gasteiger partial charge is 0.255 e. The van der Waals surface area contributed by atoms with E-state index in [1.165, 1.54) is 5.56 Å². The summed E-state index contributed by atoms with van der Waals surface area (Å²) in [6, 6.07) is 9.73. The van der Waals surface area contributed by atoms with Gasteiger partial charge in [-0.1, -0.05) is 26.0 Å². The molecule has 138 valence electrons. The molecule has 0 bridgehead atoms. The molecule has 0 saturated carbocycles. The maximum Gasteiger partial charge on any atom is 0.255 e. The van der Waals surface area contributed by atoms with E-state index in [0.717, 1.165) is 18.4 Å². The summed E-state index contributed by atoms with van der Waals surface area (Å²) in [5.74, 6) is 0.682. The number of carbonyl (C=O) groups is 2. The Morgan fingerprint density at radius 2 is 1.54 bits per heavy atom. The third-order valence-corrected chi connectivity index (χ3v) is 4.76. The van der Waals surface area contributed by atoms with Crippen molar-refractivity contribution in [2.24, 2.45) is 5.92 Å². The molecule has 1 aromatic carbocycles. The number of H-pyrrole nitrogens is 1. The lowest BCUT2D eigenvalue weighted by Crippen LogP contribution is -2.37. The van der Waals surface area contributed by atoms with E-state index >= 15 is 0 Å². The minimum Gasteiger partial charge on any atom is -0.367 e. The number of amides is 2. The fourth-order valence-corrected chi connectivity index (χ4v) is 3.40. The van der Waals surface area contributed by atoms with Crippen LogP contribution in [0.15, 0.2) is 42.7 Å².